The molecule has 0 aliphatic carbocycles. The van der Waals surface area contributed by atoms with Gasteiger partial charge < -0.3 is 19.5 Å². The van der Waals surface area contributed by atoms with E-state index in [0.717, 1.165) is 77.0 Å². The Hall–Kier alpha value is -1.67. The highest BCUT2D eigenvalue weighted by Gasteiger charge is 2.26. The first-order valence-corrected chi connectivity index (χ1v) is 10.0. The largest absolute Gasteiger partial charge is 0.379 e. The normalized spacial score (nSPS) is 24.3. The number of fused-ring (bicyclic) bond motifs is 1. The minimum absolute atomic E-state index is 0.0323. The van der Waals surface area contributed by atoms with E-state index in [2.05, 4.69) is 25.0 Å². The maximum atomic E-state index is 12.6. The van der Waals surface area contributed by atoms with E-state index in [0.29, 0.717) is 12.5 Å². The summed E-state index contributed by atoms with van der Waals surface area (Å²) < 4.78 is 7.59. The van der Waals surface area contributed by atoms with E-state index in [9.17, 15) is 4.79 Å². The van der Waals surface area contributed by atoms with Crippen LogP contribution in [0.2, 0.25) is 0 Å². The number of rotatable bonds is 4. The standard InChI is InChI=1S/C18H30N6O2/c25-18(19-12-17-21-20-16-5-1-2-7-24(16)17)23-6-3-4-15(14-23)13-22-8-10-26-11-9-22/h15H,1-14H2,(H,19,25). The van der Waals surface area contributed by atoms with Gasteiger partial charge in [-0.15, -0.1) is 10.2 Å². The SMILES string of the molecule is O=C(NCc1nnc2n1CCCC2)N1CCCC(CN2CCOCC2)C1. The lowest BCUT2D eigenvalue weighted by Gasteiger charge is -2.36. The molecule has 144 valence electrons. The molecule has 0 bridgehead atoms. The monoisotopic (exact) mass is 362 g/mol. The van der Waals surface area contributed by atoms with E-state index < -0.39 is 0 Å². The van der Waals surface area contributed by atoms with Crippen molar-refractivity contribution in [3.8, 4) is 0 Å². The molecule has 2 amide bonds. The second-order valence-electron chi connectivity index (χ2n) is 7.67. The van der Waals surface area contributed by atoms with Gasteiger partial charge in [0.25, 0.3) is 0 Å². The van der Waals surface area contributed by atoms with Gasteiger partial charge in [0.05, 0.1) is 19.8 Å². The van der Waals surface area contributed by atoms with E-state index in [-0.39, 0.29) is 6.03 Å². The first-order valence-electron chi connectivity index (χ1n) is 10.0. The number of piperidine rings is 1. The Morgan fingerprint density at radius 3 is 2.88 bits per heavy atom. The molecule has 4 rings (SSSR count). The van der Waals surface area contributed by atoms with E-state index in [1.165, 1.54) is 19.3 Å². The Labute approximate surface area is 154 Å². The first-order chi connectivity index (χ1) is 12.8. The maximum Gasteiger partial charge on any atom is 0.317 e. The molecule has 0 aromatic carbocycles. The van der Waals surface area contributed by atoms with E-state index >= 15 is 0 Å². The van der Waals surface area contributed by atoms with Gasteiger partial charge in [-0.2, -0.15) is 0 Å². The maximum absolute atomic E-state index is 12.6. The summed E-state index contributed by atoms with van der Waals surface area (Å²) >= 11 is 0. The summed E-state index contributed by atoms with van der Waals surface area (Å²) in [4.78, 5) is 17.1. The van der Waals surface area contributed by atoms with Crippen molar-refractivity contribution in [2.75, 3.05) is 45.9 Å². The summed E-state index contributed by atoms with van der Waals surface area (Å²) in [6.45, 7) is 7.91. The smallest absolute Gasteiger partial charge is 0.317 e. The lowest BCUT2D eigenvalue weighted by molar-refractivity contribution is 0.0249. The van der Waals surface area contributed by atoms with Crippen molar-refractivity contribution in [2.24, 2.45) is 5.92 Å². The molecule has 26 heavy (non-hydrogen) atoms. The third-order valence-electron chi connectivity index (χ3n) is 5.76. The molecule has 1 aromatic heterocycles. The summed E-state index contributed by atoms with van der Waals surface area (Å²) in [6.07, 6.45) is 5.64. The van der Waals surface area contributed by atoms with Crippen molar-refractivity contribution in [1.29, 1.82) is 0 Å². The van der Waals surface area contributed by atoms with Gasteiger partial charge in [-0.3, -0.25) is 4.90 Å². The minimum Gasteiger partial charge on any atom is -0.379 e. The van der Waals surface area contributed by atoms with Crippen molar-refractivity contribution in [1.82, 2.24) is 29.9 Å². The van der Waals surface area contributed by atoms with Crippen LogP contribution in [0.3, 0.4) is 0 Å². The zero-order valence-electron chi connectivity index (χ0n) is 15.5. The predicted octanol–water partition coefficient (Wildman–Crippen LogP) is 0.868. The topological polar surface area (TPSA) is 75.5 Å². The van der Waals surface area contributed by atoms with Gasteiger partial charge in [0, 0.05) is 45.7 Å². The molecule has 1 aromatic rings. The molecular weight excluding hydrogens is 332 g/mol. The summed E-state index contributed by atoms with van der Waals surface area (Å²) in [5, 5.41) is 11.6. The molecular formula is C18H30N6O2. The number of nitrogens with zero attached hydrogens (tertiary/aromatic N) is 5. The highest BCUT2D eigenvalue weighted by Crippen LogP contribution is 2.19. The highest BCUT2D eigenvalue weighted by molar-refractivity contribution is 5.74. The van der Waals surface area contributed by atoms with Gasteiger partial charge in [0.1, 0.15) is 5.82 Å². The summed E-state index contributed by atoms with van der Waals surface area (Å²) in [5.74, 6) is 2.51. The molecule has 8 nitrogen and oxygen atoms in total. The molecule has 0 saturated carbocycles. The van der Waals surface area contributed by atoms with Crippen LogP contribution in [-0.2, 0) is 24.2 Å². The Kier molecular flexibility index (Phi) is 5.69. The number of ether oxygens (including phenoxy) is 1. The van der Waals surface area contributed by atoms with E-state index in [4.69, 9.17) is 4.74 Å². The first kappa shape index (κ1) is 17.7. The van der Waals surface area contributed by atoms with Crippen molar-refractivity contribution >= 4 is 6.03 Å². The van der Waals surface area contributed by atoms with Crippen LogP contribution in [0.5, 0.6) is 0 Å². The highest BCUT2D eigenvalue weighted by atomic mass is 16.5. The van der Waals surface area contributed by atoms with Crippen LogP contribution in [0.4, 0.5) is 4.79 Å². The van der Waals surface area contributed by atoms with Crippen LogP contribution in [0.15, 0.2) is 0 Å². The number of amides is 2. The van der Waals surface area contributed by atoms with E-state index in [1.54, 1.807) is 0 Å². The number of aryl methyl sites for hydroxylation is 1. The molecule has 0 radical (unpaired) electrons. The zero-order chi connectivity index (χ0) is 17.8. The molecule has 8 heteroatoms. The Bertz CT molecular complexity index is 613. The lowest BCUT2D eigenvalue weighted by atomic mass is 9.97. The van der Waals surface area contributed by atoms with Crippen LogP contribution < -0.4 is 5.32 Å². The minimum atomic E-state index is 0.0323. The van der Waals surface area contributed by atoms with Crippen LogP contribution in [0.1, 0.15) is 37.3 Å². The van der Waals surface area contributed by atoms with Crippen LogP contribution >= 0.6 is 0 Å². The van der Waals surface area contributed by atoms with Crippen LogP contribution in [0, 0.1) is 5.92 Å². The molecule has 1 N–H and O–H groups in total. The number of hydrogen-bond acceptors (Lipinski definition) is 5. The average Bonchev–Trinajstić information content (AvgIpc) is 3.10. The number of likely N-dealkylation sites (tertiary alicyclic amines) is 1. The number of carbonyl (C=O) groups is 1. The fraction of sp³-hybridized carbons (Fsp3) is 0.833. The van der Waals surface area contributed by atoms with Crippen LogP contribution in [0.25, 0.3) is 0 Å². The molecule has 2 saturated heterocycles. The fourth-order valence-electron chi connectivity index (χ4n) is 4.31. The lowest BCUT2D eigenvalue weighted by Crippen LogP contribution is -2.48. The second kappa shape index (κ2) is 8.35. The van der Waals surface area contributed by atoms with Gasteiger partial charge in [-0.25, -0.2) is 4.79 Å². The number of aromatic nitrogens is 3. The van der Waals surface area contributed by atoms with Crippen molar-refractivity contribution in [2.45, 2.75) is 45.2 Å². The molecule has 2 fully saturated rings. The number of urea groups is 1. The van der Waals surface area contributed by atoms with Crippen LogP contribution in [-0.4, -0.2) is 76.5 Å². The number of morpholine rings is 1. The van der Waals surface area contributed by atoms with Gasteiger partial charge in [-0.1, -0.05) is 0 Å². The third kappa shape index (κ3) is 4.17. The van der Waals surface area contributed by atoms with Crippen molar-refractivity contribution in [3.05, 3.63) is 11.6 Å². The summed E-state index contributed by atoms with van der Waals surface area (Å²) in [6, 6.07) is 0.0323. The van der Waals surface area contributed by atoms with Gasteiger partial charge in [0.2, 0.25) is 0 Å². The van der Waals surface area contributed by atoms with Crippen molar-refractivity contribution < 1.29 is 9.53 Å². The van der Waals surface area contributed by atoms with E-state index in [1.807, 2.05) is 4.90 Å². The molecule has 4 heterocycles. The molecule has 3 aliphatic rings. The number of carbonyl (C=O) groups excluding carboxylic acids is 1. The Morgan fingerprint density at radius 2 is 2.00 bits per heavy atom. The molecule has 0 spiro atoms. The quantitative estimate of drug-likeness (QED) is 0.860. The third-order valence-corrected chi connectivity index (χ3v) is 5.76. The fourth-order valence-corrected chi connectivity index (χ4v) is 4.31. The van der Waals surface area contributed by atoms with Gasteiger partial charge in [0.15, 0.2) is 5.82 Å². The number of hydrogen-bond donors (Lipinski definition) is 1. The molecule has 1 atom stereocenters. The Balaban J connectivity index is 1.26. The zero-order valence-corrected chi connectivity index (χ0v) is 15.5. The molecule has 1 unspecified atom stereocenters. The average molecular weight is 362 g/mol. The van der Waals surface area contributed by atoms with Gasteiger partial charge >= 0.3 is 6.03 Å². The summed E-state index contributed by atoms with van der Waals surface area (Å²) in [7, 11) is 0. The predicted molar refractivity (Wildman–Crippen MR) is 96.8 cm³/mol. The Morgan fingerprint density at radius 1 is 1.12 bits per heavy atom. The number of nitrogens with one attached hydrogen (secondary N) is 1. The molecule has 3 aliphatic heterocycles. The summed E-state index contributed by atoms with van der Waals surface area (Å²) in [5.41, 5.74) is 0. The second-order valence-corrected chi connectivity index (χ2v) is 7.67. The van der Waals surface area contributed by atoms with Gasteiger partial charge in [-0.05, 0) is 31.6 Å². The van der Waals surface area contributed by atoms with Crippen molar-refractivity contribution in [3.63, 3.8) is 0 Å².